The first-order chi connectivity index (χ1) is 11.1. The highest BCUT2D eigenvalue weighted by Gasteiger charge is 2.27. The summed E-state index contributed by atoms with van der Waals surface area (Å²) in [7, 11) is 0. The Balaban J connectivity index is 1.96. The number of hydrogen-bond donors (Lipinski definition) is 1. The van der Waals surface area contributed by atoms with Gasteiger partial charge in [-0.1, -0.05) is 25.1 Å². The van der Waals surface area contributed by atoms with E-state index in [1.165, 1.54) is 0 Å². The predicted octanol–water partition coefficient (Wildman–Crippen LogP) is 2.60. The molecule has 23 heavy (non-hydrogen) atoms. The van der Waals surface area contributed by atoms with Gasteiger partial charge >= 0.3 is 0 Å². The van der Waals surface area contributed by atoms with Crippen LogP contribution in [0.25, 0.3) is 0 Å². The molecule has 1 aromatic carbocycles. The molecule has 1 aliphatic heterocycles. The van der Waals surface area contributed by atoms with Crippen LogP contribution in [0.4, 0.5) is 5.69 Å². The van der Waals surface area contributed by atoms with Crippen LogP contribution in [0.3, 0.4) is 0 Å². The van der Waals surface area contributed by atoms with Gasteiger partial charge < -0.3 is 15.0 Å². The Morgan fingerprint density at radius 2 is 1.96 bits per heavy atom. The molecule has 1 fully saturated rings. The first kappa shape index (κ1) is 17.5. The summed E-state index contributed by atoms with van der Waals surface area (Å²) in [5.74, 6) is -0.0789. The number of hydrogen-bond acceptors (Lipinski definition) is 3. The summed E-state index contributed by atoms with van der Waals surface area (Å²) in [6.07, 6.45) is 2.34. The molecular formula is C18H26N2O3. The maximum Gasteiger partial charge on any atom is 0.244 e. The molecular weight excluding hydrogens is 292 g/mol. The first-order valence-electron chi connectivity index (χ1n) is 8.33. The predicted molar refractivity (Wildman–Crippen MR) is 90.2 cm³/mol. The van der Waals surface area contributed by atoms with E-state index in [2.05, 4.69) is 5.32 Å². The standard InChI is InChI=1S/C18H26N2O3/c1-3-10-20(18(22)15-8-11-23-12-9-15)13-17(21)19-16-7-5-4-6-14(16)2/h4-7,15H,3,8-13H2,1-2H3,(H,19,21). The summed E-state index contributed by atoms with van der Waals surface area (Å²) in [4.78, 5) is 26.6. The number of nitrogens with one attached hydrogen (secondary N) is 1. The minimum Gasteiger partial charge on any atom is -0.381 e. The third-order valence-electron chi connectivity index (χ3n) is 4.13. The molecule has 1 heterocycles. The zero-order chi connectivity index (χ0) is 16.7. The van der Waals surface area contributed by atoms with Gasteiger partial charge in [-0.2, -0.15) is 0 Å². The number of anilines is 1. The molecule has 1 aromatic rings. The van der Waals surface area contributed by atoms with Crippen molar-refractivity contribution in [1.82, 2.24) is 4.90 Å². The molecule has 0 aromatic heterocycles. The molecule has 0 aliphatic carbocycles. The smallest absolute Gasteiger partial charge is 0.244 e. The number of ether oxygens (including phenoxy) is 1. The Labute approximate surface area is 138 Å². The van der Waals surface area contributed by atoms with Gasteiger partial charge in [0.25, 0.3) is 0 Å². The van der Waals surface area contributed by atoms with Crippen LogP contribution in [-0.4, -0.2) is 43.0 Å². The van der Waals surface area contributed by atoms with E-state index in [0.29, 0.717) is 19.8 Å². The average molecular weight is 318 g/mol. The SMILES string of the molecule is CCCN(CC(=O)Nc1ccccc1C)C(=O)C1CCOCC1. The lowest BCUT2D eigenvalue weighted by Crippen LogP contribution is -2.43. The van der Waals surface area contributed by atoms with Gasteiger partial charge in [-0.25, -0.2) is 0 Å². The maximum absolute atomic E-state index is 12.6. The lowest BCUT2D eigenvalue weighted by Gasteiger charge is -2.28. The van der Waals surface area contributed by atoms with Gasteiger partial charge in [-0.05, 0) is 37.8 Å². The number of nitrogens with zero attached hydrogens (tertiary/aromatic N) is 1. The molecule has 2 amide bonds. The molecule has 1 saturated heterocycles. The largest absolute Gasteiger partial charge is 0.381 e. The second-order valence-corrected chi connectivity index (χ2v) is 6.01. The van der Waals surface area contributed by atoms with Crippen LogP contribution in [0, 0.1) is 12.8 Å². The molecule has 0 atom stereocenters. The molecule has 2 rings (SSSR count). The molecule has 0 saturated carbocycles. The van der Waals surface area contributed by atoms with Crippen molar-refractivity contribution in [3.05, 3.63) is 29.8 Å². The van der Waals surface area contributed by atoms with E-state index >= 15 is 0 Å². The van der Waals surface area contributed by atoms with Crippen molar-refractivity contribution in [2.45, 2.75) is 33.1 Å². The van der Waals surface area contributed by atoms with E-state index in [-0.39, 0.29) is 24.3 Å². The van der Waals surface area contributed by atoms with Gasteiger partial charge in [-0.3, -0.25) is 9.59 Å². The maximum atomic E-state index is 12.6. The quantitative estimate of drug-likeness (QED) is 0.877. The zero-order valence-corrected chi connectivity index (χ0v) is 14.0. The lowest BCUT2D eigenvalue weighted by atomic mass is 9.98. The molecule has 5 nitrogen and oxygen atoms in total. The average Bonchev–Trinajstić information content (AvgIpc) is 2.57. The fraction of sp³-hybridized carbons (Fsp3) is 0.556. The van der Waals surface area contributed by atoms with Crippen LogP contribution in [0.2, 0.25) is 0 Å². The van der Waals surface area contributed by atoms with Crippen LogP contribution in [0.5, 0.6) is 0 Å². The molecule has 1 aliphatic rings. The monoisotopic (exact) mass is 318 g/mol. The first-order valence-corrected chi connectivity index (χ1v) is 8.33. The Hall–Kier alpha value is -1.88. The van der Waals surface area contributed by atoms with Crippen molar-refractivity contribution in [3.63, 3.8) is 0 Å². The summed E-state index contributed by atoms with van der Waals surface area (Å²) in [6.45, 7) is 5.95. The number of carbonyl (C=O) groups is 2. The lowest BCUT2D eigenvalue weighted by molar-refractivity contribution is -0.141. The molecule has 126 valence electrons. The van der Waals surface area contributed by atoms with E-state index in [1.54, 1.807) is 4.90 Å². The van der Waals surface area contributed by atoms with Crippen LogP contribution >= 0.6 is 0 Å². The summed E-state index contributed by atoms with van der Waals surface area (Å²) < 4.78 is 5.31. The van der Waals surface area contributed by atoms with Crippen LogP contribution in [-0.2, 0) is 14.3 Å². The topological polar surface area (TPSA) is 58.6 Å². The molecule has 0 unspecified atom stereocenters. The van der Waals surface area contributed by atoms with Gasteiger partial charge in [0.2, 0.25) is 11.8 Å². The van der Waals surface area contributed by atoms with E-state index < -0.39 is 0 Å². The van der Waals surface area contributed by atoms with E-state index in [1.807, 2.05) is 38.1 Å². The van der Waals surface area contributed by atoms with Crippen LogP contribution in [0.15, 0.2) is 24.3 Å². The van der Waals surface area contributed by atoms with Crippen molar-refractivity contribution in [1.29, 1.82) is 0 Å². The Morgan fingerprint density at radius 1 is 1.26 bits per heavy atom. The fourth-order valence-corrected chi connectivity index (χ4v) is 2.82. The number of rotatable bonds is 6. The summed E-state index contributed by atoms with van der Waals surface area (Å²) in [6, 6.07) is 7.65. The number of para-hydroxylation sites is 1. The second kappa shape index (κ2) is 8.67. The highest BCUT2D eigenvalue weighted by atomic mass is 16.5. The zero-order valence-electron chi connectivity index (χ0n) is 14.0. The molecule has 0 bridgehead atoms. The highest BCUT2D eigenvalue weighted by Crippen LogP contribution is 2.18. The van der Waals surface area contributed by atoms with E-state index in [0.717, 1.165) is 30.5 Å². The molecule has 0 spiro atoms. The third kappa shape index (κ3) is 5.06. The second-order valence-electron chi connectivity index (χ2n) is 6.01. The molecule has 5 heteroatoms. The number of aryl methyl sites for hydroxylation is 1. The van der Waals surface area contributed by atoms with Crippen molar-refractivity contribution in [2.24, 2.45) is 5.92 Å². The van der Waals surface area contributed by atoms with Gasteiger partial charge in [0.05, 0.1) is 6.54 Å². The van der Waals surface area contributed by atoms with Crippen molar-refractivity contribution in [3.8, 4) is 0 Å². The summed E-state index contributed by atoms with van der Waals surface area (Å²) >= 11 is 0. The van der Waals surface area contributed by atoms with Gasteiger partial charge in [0, 0.05) is 31.4 Å². The minimum absolute atomic E-state index is 0.0124. The van der Waals surface area contributed by atoms with Crippen molar-refractivity contribution in [2.75, 3.05) is 31.6 Å². The van der Waals surface area contributed by atoms with Gasteiger partial charge in [0.1, 0.15) is 0 Å². The molecule has 1 N–H and O–H groups in total. The Bertz CT molecular complexity index is 539. The highest BCUT2D eigenvalue weighted by molar-refractivity contribution is 5.95. The van der Waals surface area contributed by atoms with Gasteiger partial charge in [-0.15, -0.1) is 0 Å². The minimum atomic E-state index is -0.145. The van der Waals surface area contributed by atoms with Crippen LogP contribution < -0.4 is 5.32 Å². The Kier molecular flexibility index (Phi) is 6.59. The van der Waals surface area contributed by atoms with Crippen LogP contribution in [0.1, 0.15) is 31.7 Å². The molecule has 0 radical (unpaired) electrons. The van der Waals surface area contributed by atoms with E-state index in [4.69, 9.17) is 4.74 Å². The summed E-state index contributed by atoms with van der Waals surface area (Å²) in [5, 5.41) is 2.90. The van der Waals surface area contributed by atoms with Crippen molar-refractivity contribution >= 4 is 17.5 Å². The number of amides is 2. The van der Waals surface area contributed by atoms with Crippen molar-refractivity contribution < 1.29 is 14.3 Å². The van der Waals surface area contributed by atoms with E-state index in [9.17, 15) is 9.59 Å². The fourth-order valence-electron chi connectivity index (χ4n) is 2.82. The normalized spacial score (nSPS) is 15.2. The summed E-state index contributed by atoms with van der Waals surface area (Å²) in [5.41, 5.74) is 1.81. The number of carbonyl (C=O) groups excluding carboxylic acids is 2. The number of benzene rings is 1. The van der Waals surface area contributed by atoms with Gasteiger partial charge in [0.15, 0.2) is 0 Å². The Morgan fingerprint density at radius 3 is 2.61 bits per heavy atom. The third-order valence-corrected chi connectivity index (χ3v) is 4.13.